The normalized spacial score (nSPS) is 10.8. The zero-order valence-electron chi connectivity index (χ0n) is 15.4. The molecule has 140 valence electrons. The smallest absolute Gasteiger partial charge is 0.242 e. The molecule has 0 atom stereocenters. The molecule has 4 nitrogen and oxygen atoms in total. The fraction of sp³-hybridized carbons (Fsp3) is 0.400. The third-order valence-corrected chi connectivity index (χ3v) is 4.98. The van der Waals surface area contributed by atoms with E-state index in [0.29, 0.717) is 19.5 Å². The number of amides is 2. The molecule has 1 heterocycles. The van der Waals surface area contributed by atoms with Crippen molar-refractivity contribution in [3.63, 3.8) is 0 Å². The Morgan fingerprint density at radius 2 is 1.77 bits per heavy atom. The molecular formula is C20H25FN2O2S. The molecule has 0 fully saturated rings. The van der Waals surface area contributed by atoms with Gasteiger partial charge in [0.1, 0.15) is 5.82 Å². The highest BCUT2D eigenvalue weighted by atomic mass is 32.1. The van der Waals surface area contributed by atoms with Gasteiger partial charge in [0.15, 0.2) is 0 Å². The molecule has 0 spiro atoms. The highest BCUT2D eigenvalue weighted by molar-refractivity contribution is 7.09. The van der Waals surface area contributed by atoms with Gasteiger partial charge in [0.25, 0.3) is 0 Å². The maximum atomic E-state index is 13.2. The number of thiophene rings is 1. The van der Waals surface area contributed by atoms with Crippen molar-refractivity contribution in [3.05, 3.63) is 58.0 Å². The van der Waals surface area contributed by atoms with Crippen LogP contribution in [0.4, 0.5) is 4.39 Å². The predicted molar refractivity (Wildman–Crippen MR) is 102 cm³/mol. The monoisotopic (exact) mass is 376 g/mol. The number of nitrogens with zero attached hydrogens (tertiary/aromatic N) is 2. The summed E-state index contributed by atoms with van der Waals surface area (Å²) in [5.74, 6) is -0.450. The van der Waals surface area contributed by atoms with Crippen molar-refractivity contribution in [2.24, 2.45) is 0 Å². The molecule has 1 aromatic heterocycles. The van der Waals surface area contributed by atoms with Gasteiger partial charge in [-0.05, 0) is 43.0 Å². The summed E-state index contributed by atoms with van der Waals surface area (Å²) in [6.07, 6.45) is 0.369. The zero-order valence-corrected chi connectivity index (χ0v) is 16.3. The van der Waals surface area contributed by atoms with E-state index in [-0.39, 0.29) is 30.2 Å². The molecule has 0 aliphatic rings. The minimum absolute atomic E-state index is 0.0359. The number of hydrogen-bond acceptors (Lipinski definition) is 3. The maximum absolute atomic E-state index is 13.2. The molecule has 0 bridgehead atoms. The lowest BCUT2D eigenvalue weighted by Crippen LogP contribution is -2.45. The van der Waals surface area contributed by atoms with Crippen LogP contribution < -0.4 is 0 Å². The van der Waals surface area contributed by atoms with E-state index in [9.17, 15) is 14.0 Å². The molecule has 0 saturated carbocycles. The van der Waals surface area contributed by atoms with Crippen LogP contribution >= 0.6 is 11.3 Å². The second-order valence-electron chi connectivity index (χ2n) is 6.42. The highest BCUT2D eigenvalue weighted by Crippen LogP contribution is 2.16. The summed E-state index contributed by atoms with van der Waals surface area (Å²) in [4.78, 5) is 29.5. The Bertz CT molecular complexity index is 714. The lowest BCUT2D eigenvalue weighted by Gasteiger charge is -2.30. The lowest BCUT2D eigenvalue weighted by atomic mass is 10.2. The Balaban J connectivity index is 2.16. The van der Waals surface area contributed by atoms with Gasteiger partial charge in [-0.3, -0.25) is 9.59 Å². The van der Waals surface area contributed by atoms with E-state index in [1.54, 1.807) is 40.2 Å². The second kappa shape index (κ2) is 9.48. The Morgan fingerprint density at radius 3 is 2.31 bits per heavy atom. The predicted octanol–water partition coefficient (Wildman–Crippen LogP) is 4.06. The molecule has 26 heavy (non-hydrogen) atoms. The quantitative estimate of drug-likeness (QED) is 0.697. The van der Waals surface area contributed by atoms with Crippen molar-refractivity contribution in [1.29, 1.82) is 0 Å². The minimum Gasteiger partial charge on any atom is -0.332 e. The first-order valence-corrected chi connectivity index (χ1v) is 9.62. The summed E-state index contributed by atoms with van der Waals surface area (Å²) < 4.78 is 13.2. The molecular weight excluding hydrogens is 351 g/mol. The Kier molecular flexibility index (Phi) is 7.33. The van der Waals surface area contributed by atoms with Crippen LogP contribution in [0.3, 0.4) is 0 Å². The second-order valence-corrected chi connectivity index (χ2v) is 7.46. The van der Waals surface area contributed by atoms with Gasteiger partial charge >= 0.3 is 0 Å². The largest absolute Gasteiger partial charge is 0.332 e. The highest BCUT2D eigenvalue weighted by Gasteiger charge is 2.23. The van der Waals surface area contributed by atoms with Crippen LogP contribution in [0.1, 0.15) is 37.6 Å². The molecule has 0 unspecified atom stereocenters. The number of rotatable bonds is 8. The summed E-state index contributed by atoms with van der Waals surface area (Å²) in [7, 11) is 0. The Morgan fingerprint density at radius 1 is 1.08 bits per heavy atom. The Labute approximate surface area is 158 Å². The molecule has 0 radical (unpaired) electrons. The molecule has 0 saturated heterocycles. The van der Waals surface area contributed by atoms with Gasteiger partial charge in [-0.1, -0.05) is 25.1 Å². The average Bonchev–Trinajstić information content (AvgIpc) is 3.13. The number of halogens is 1. The van der Waals surface area contributed by atoms with Crippen molar-refractivity contribution in [1.82, 2.24) is 9.80 Å². The first-order valence-electron chi connectivity index (χ1n) is 8.74. The number of carbonyl (C=O) groups is 2. The zero-order chi connectivity index (χ0) is 19.1. The molecule has 2 amide bonds. The van der Waals surface area contributed by atoms with Crippen LogP contribution in [0.15, 0.2) is 41.8 Å². The van der Waals surface area contributed by atoms with E-state index >= 15 is 0 Å². The molecule has 2 rings (SSSR count). The summed E-state index contributed by atoms with van der Waals surface area (Å²) >= 11 is 1.58. The molecule has 6 heteroatoms. The standard InChI is InChI=1S/C20H25FN2O2S/c1-4-19(24)23(15(2)3)14-20(25)22(13-18-6-5-11-26-18)12-16-7-9-17(21)10-8-16/h5-11,15H,4,12-14H2,1-3H3. The van der Waals surface area contributed by atoms with Crippen LogP contribution in [0, 0.1) is 5.82 Å². The van der Waals surface area contributed by atoms with Crippen LogP contribution in [-0.4, -0.2) is 34.2 Å². The average molecular weight is 376 g/mol. The number of hydrogen-bond donors (Lipinski definition) is 0. The van der Waals surface area contributed by atoms with Crippen LogP contribution in [0.2, 0.25) is 0 Å². The van der Waals surface area contributed by atoms with Crippen molar-refractivity contribution >= 4 is 23.2 Å². The van der Waals surface area contributed by atoms with Gasteiger partial charge in [0, 0.05) is 23.9 Å². The SMILES string of the molecule is CCC(=O)N(CC(=O)N(Cc1ccc(F)cc1)Cc1cccs1)C(C)C. The van der Waals surface area contributed by atoms with Crippen molar-refractivity contribution in [3.8, 4) is 0 Å². The Hall–Kier alpha value is -2.21. The van der Waals surface area contributed by atoms with E-state index < -0.39 is 0 Å². The third kappa shape index (κ3) is 5.66. The summed E-state index contributed by atoms with van der Waals surface area (Å²) in [5, 5.41) is 1.97. The summed E-state index contributed by atoms with van der Waals surface area (Å²) in [5.41, 5.74) is 0.856. The molecule has 1 aromatic carbocycles. The van der Waals surface area contributed by atoms with E-state index in [1.165, 1.54) is 12.1 Å². The number of benzene rings is 1. The van der Waals surface area contributed by atoms with Crippen LogP contribution in [0.5, 0.6) is 0 Å². The fourth-order valence-corrected chi connectivity index (χ4v) is 3.36. The topological polar surface area (TPSA) is 40.6 Å². The maximum Gasteiger partial charge on any atom is 0.242 e. The van der Waals surface area contributed by atoms with Gasteiger partial charge in [-0.2, -0.15) is 0 Å². The van der Waals surface area contributed by atoms with E-state index in [1.807, 2.05) is 31.4 Å². The molecule has 0 N–H and O–H groups in total. The lowest BCUT2D eigenvalue weighted by molar-refractivity contribution is -0.142. The van der Waals surface area contributed by atoms with E-state index in [2.05, 4.69) is 0 Å². The van der Waals surface area contributed by atoms with Crippen LogP contribution in [-0.2, 0) is 22.7 Å². The van der Waals surface area contributed by atoms with Gasteiger partial charge in [-0.15, -0.1) is 11.3 Å². The number of carbonyl (C=O) groups excluding carboxylic acids is 2. The molecule has 0 aliphatic heterocycles. The summed E-state index contributed by atoms with van der Waals surface area (Å²) in [6.45, 7) is 6.51. The van der Waals surface area contributed by atoms with E-state index in [0.717, 1.165) is 10.4 Å². The van der Waals surface area contributed by atoms with Gasteiger partial charge in [-0.25, -0.2) is 4.39 Å². The molecule has 0 aliphatic carbocycles. The third-order valence-electron chi connectivity index (χ3n) is 4.12. The van der Waals surface area contributed by atoms with Crippen molar-refractivity contribution < 1.29 is 14.0 Å². The van der Waals surface area contributed by atoms with Crippen molar-refractivity contribution in [2.45, 2.75) is 46.3 Å². The van der Waals surface area contributed by atoms with Crippen molar-refractivity contribution in [2.75, 3.05) is 6.54 Å². The fourth-order valence-electron chi connectivity index (χ4n) is 2.64. The van der Waals surface area contributed by atoms with Gasteiger partial charge < -0.3 is 9.80 Å². The van der Waals surface area contributed by atoms with Gasteiger partial charge in [0.2, 0.25) is 11.8 Å². The first-order chi connectivity index (χ1) is 12.4. The minimum atomic E-state index is -0.301. The molecule has 2 aromatic rings. The summed E-state index contributed by atoms with van der Waals surface area (Å²) in [6, 6.07) is 10.0. The van der Waals surface area contributed by atoms with Crippen LogP contribution in [0.25, 0.3) is 0 Å². The van der Waals surface area contributed by atoms with Gasteiger partial charge in [0.05, 0.1) is 13.1 Å². The van der Waals surface area contributed by atoms with E-state index in [4.69, 9.17) is 0 Å². The first kappa shape index (κ1) is 20.1.